The topological polar surface area (TPSA) is 12.4 Å². The highest BCUT2D eigenvalue weighted by atomic mass is 14.6. The fourth-order valence-electron chi connectivity index (χ4n) is 0.252. The Bertz CT molecular complexity index is 235. The van der Waals surface area contributed by atoms with Crippen LogP contribution in [0.2, 0.25) is 0 Å². The van der Waals surface area contributed by atoms with Gasteiger partial charge in [-0.3, -0.25) is 11.6 Å². The standard InChI is InChI=1S/C7H5BN/c1-4-7-9-8(5-2)6-3/h2-3H,1H3/q-1. The van der Waals surface area contributed by atoms with Crippen molar-refractivity contribution in [2.24, 2.45) is 4.90 Å². The molecule has 0 aliphatic heterocycles. The van der Waals surface area contributed by atoms with Crippen LogP contribution in [0.5, 0.6) is 0 Å². The van der Waals surface area contributed by atoms with E-state index in [4.69, 9.17) is 12.8 Å². The number of nitrogens with zero attached hydrogens (tertiary/aromatic N) is 1. The second kappa shape index (κ2) is 4.70. The van der Waals surface area contributed by atoms with Crippen LogP contribution in [0.4, 0.5) is 0 Å². The molecule has 0 aromatic rings. The summed E-state index contributed by atoms with van der Waals surface area (Å²) in [6.45, 7) is 1.19. The molecule has 0 radical (unpaired) electrons. The van der Waals surface area contributed by atoms with Crippen LogP contribution in [0.3, 0.4) is 0 Å². The van der Waals surface area contributed by atoms with Crippen molar-refractivity contribution < 1.29 is 0 Å². The summed E-state index contributed by atoms with van der Waals surface area (Å²) in [4.78, 5) is 3.65. The van der Waals surface area contributed by atoms with Crippen LogP contribution in [-0.2, 0) is 0 Å². The summed E-state index contributed by atoms with van der Waals surface area (Å²) in [6.07, 6.45) is 9.94. The molecule has 0 aromatic heterocycles. The first kappa shape index (κ1) is 7.54. The van der Waals surface area contributed by atoms with Gasteiger partial charge >= 0.3 is 0 Å². The Morgan fingerprint density at radius 2 is 1.89 bits per heavy atom. The van der Waals surface area contributed by atoms with Crippen LogP contribution < -0.4 is 0 Å². The van der Waals surface area contributed by atoms with Crippen molar-refractivity contribution in [1.82, 2.24) is 0 Å². The molecule has 0 amide bonds. The van der Waals surface area contributed by atoms with Crippen LogP contribution in [0.25, 0.3) is 0 Å². The normalized spacial score (nSPS) is 5.22. The van der Waals surface area contributed by atoms with E-state index in [-0.39, 0.29) is 0 Å². The van der Waals surface area contributed by atoms with Gasteiger partial charge in [-0.25, -0.2) is 0 Å². The van der Waals surface area contributed by atoms with Gasteiger partial charge in [-0.05, 0) is 13.0 Å². The maximum atomic E-state index is 4.97. The van der Waals surface area contributed by atoms with Gasteiger partial charge in [0.1, 0.15) is 6.51 Å². The Kier molecular flexibility index (Phi) is 3.94. The van der Waals surface area contributed by atoms with Gasteiger partial charge < -0.3 is 4.90 Å². The number of hydrogen-bond acceptors (Lipinski definition) is 1. The Labute approximate surface area is 55.6 Å². The van der Waals surface area contributed by atoms with E-state index in [1.54, 1.807) is 6.92 Å². The zero-order valence-corrected chi connectivity index (χ0v) is 5.18. The molecule has 0 aliphatic carbocycles. The van der Waals surface area contributed by atoms with Crippen molar-refractivity contribution in [3.63, 3.8) is 0 Å². The first-order chi connectivity index (χ1) is 4.35. The maximum absolute atomic E-state index is 4.97. The summed E-state index contributed by atoms with van der Waals surface area (Å²) < 4.78 is 0. The lowest BCUT2D eigenvalue weighted by atomic mass is 9.74. The largest absolute Gasteiger partial charge is 0.446 e. The van der Waals surface area contributed by atoms with Gasteiger partial charge in [0.25, 0.3) is 0 Å². The van der Waals surface area contributed by atoms with E-state index in [1.807, 2.05) is 0 Å². The molecule has 0 unspecified atom stereocenters. The molecule has 0 saturated carbocycles. The maximum Gasteiger partial charge on any atom is 0.125 e. The van der Waals surface area contributed by atoms with Crippen molar-refractivity contribution in [2.75, 3.05) is 0 Å². The molecule has 2 heteroatoms. The van der Waals surface area contributed by atoms with Crippen molar-refractivity contribution in [3.8, 4) is 36.5 Å². The van der Waals surface area contributed by atoms with Gasteiger partial charge in [0, 0.05) is 0 Å². The minimum atomic E-state index is -0.488. The predicted molar refractivity (Wildman–Crippen MR) is 39.3 cm³/mol. The minimum absolute atomic E-state index is 0.488. The molecular weight excluding hydrogens is 109 g/mol. The molecule has 0 heterocycles. The SMILES string of the molecule is C#C[B-](C#C)=NC#CC. The van der Waals surface area contributed by atoms with Crippen LogP contribution in [0.1, 0.15) is 6.92 Å². The predicted octanol–water partition coefficient (Wildman–Crippen LogP) is 0.572. The molecule has 0 aliphatic rings. The third-order valence-corrected chi connectivity index (χ3v) is 0.621. The van der Waals surface area contributed by atoms with Crippen molar-refractivity contribution in [3.05, 3.63) is 0 Å². The zero-order chi connectivity index (χ0) is 7.11. The first-order valence-corrected chi connectivity index (χ1v) is 2.39. The van der Waals surface area contributed by atoms with E-state index < -0.39 is 6.51 Å². The summed E-state index contributed by atoms with van der Waals surface area (Å²) in [5, 5.41) is 0. The molecular formula is C7H5BN-. The van der Waals surface area contributed by atoms with Crippen LogP contribution >= 0.6 is 0 Å². The highest BCUT2D eigenvalue weighted by molar-refractivity contribution is 6.64. The number of hydrogen-bond donors (Lipinski definition) is 0. The van der Waals surface area contributed by atoms with Gasteiger partial charge in [-0.15, -0.1) is 0 Å². The highest BCUT2D eigenvalue weighted by Gasteiger charge is 1.64. The quantitative estimate of drug-likeness (QED) is 0.322. The van der Waals surface area contributed by atoms with E-state index in [0.29, 0.717) is 0 Å². The lowest BCUT2D eigenvalue weighted by molar-refractivity contribution is 1.71. The fourth-order valence-corrected chi connectivity index (χ4v) is 0.252. The van der Waals surface area contributed by atoms with Crippen molar-refractivity contribution in [2.45, 2.75) is 6.92 Å². The number of rotatable bonds is 0. The molecule has 42 valence electrons. The van der Waals surface area contributed by atoms with Crippen LogP contribution in [0.15, 0.2) is 4.90 Å². The van der Waals surface area contributed by atoms with Crippen LogP contribution in [-0.4, -0.2) is 6.51 Å². The molecule has 0 saturated heterocycles. The third kappa shape index (κ3) is 3.16. The van der Waals surface area contributed by atoms with E-state index in [2.05, 4.69) is 28.5 Å². The van der Waals surface area contributed by atoms with E-state index in [1.165, 1.54) is 0 Å². The van der Waals surface area contributed by atoms with Gasteiger partial charge in [0.2, 0.25) is 0 Å². The third-order valence-electron chi connectivity index (χ3n) is 0.621. The summed E-state index contributed by atoms with van der Waals surface area (Å²) in [5.74, 6) is 7.12. The molecule has 0 atom stereocenters. The molecule has 1 nitrogen and oxygen atoms in total. The Morgan fingerprint density at radius 1 is 1.33 bits per heavy atom. The average molecular weight is 114 g/mol. The molecule has 0 fully saturated rings. The molecule has 0 aromatic carbocycles. The van der Waals surface area contributed by atoms with Gasteiger partial charge in [-0.2, -0.15) is 12.8 Å². The molecule has 0 bridgehead atoms. The Hall–Kier alpha value is -1.46. The lowest BCUT2D eigenvalue weighted by Crippen LogP contribution is -1.89. The average Bonchev–Trinajstić information content (AvgIpc) is 1.91. The van der Waals surface area contributed by atoms with Crippen molar-refractivity contribution in [1.29, 1.82) is 0 Å². The molecule has 0 spiro atoms. The summed E-state index contributed by atoms with van der Waals surface area (Å²) in [7, 11) is 0. The second-order valence-electron chi connectivity index (χ2n) is 1.23. The first-order valence-electron chi connectivity index (χ1n) is 2.39. The smallest absolute Gasteiger partial charge is 0.125 e. The highest BCUT2D eigenvalue weighted by Crippen LogP contribution is 1.67. The summed E-state index contributed by atoms with van der Waals surface area (Å²) in [5.41, 5.74) is 0. The van der Waals surface area contributed by atoms with Crippen LogP contribution in [0, 0.1) is 36.5 Å². The van der Waals surface area contributed by atoms with E-state index >= 15 is 0 Å². The Balaban J connectivity index is 4.30. The van der Waals surface area contributed by atoms with Gasteiger partial charge in [0.05, 0.1) is 0 Å². The summed E-state index contributed by atoms with van der Waals surface area (Å²) >= 11 is 0. The molecule has 9 heavy (non-hydrogen) atoms. The zero-order valence-electron chi connectivity index (χ0n) is 5.18. The minimum Gasteiger partial charge on any atom is -0.446 e. The lowest BCUT2D eigenvalue weighted by Gasteiger charge is -1.90. The Morgan fingerprint density at radius 3 is 2.22 bits per heavy atom. The molecule has 0 N–H and O–H groups in total. The monoisotopic (exact) mass is 114 g/mol. The second-order valence-corrected chi connectivity index (χ2v) is 1.23. The number of terminal acetylenes is 2. The van der Waals surface area contributed by atoms with Crippen molar-refractivity contribution >= 4 is 6.51 Å². The fraction of sp³-hybridized carbons (Fsp3) is 0.143. The van der Waals surface area contributed by atoms with E-state index in [0.717, 1.165) is 0 Å². The van der Waals surface area contributed by atoms with E-state index in [9.17, 15) is 0 Å². The van der Waals surface area contributed by atoms with Gasteiger partial charge in [-0.1, -0.05) is 5.92 Å². The molecule has 0 rings (SSSR count). The summed E-state index contributed by atoms with van der Waals surface area (Å²) in [6, 6.07) is 2.44. The van der Waals surface area contributed by atoms with Gasteiger partial charge in [0.15, 0.2) is 0 Å².